The monoisotopic (exact) mass is 1400 g/mol. The first-order valence-corrected chi connectivity index (χ1v) is 38.4. The molecule has 0 fully saturated rings. The van der Waals surface area contributed by atoms with Crippen LogP contribution >= 0.6 is 0 Å². The van der Waals surface area contributed by atoms with E-state index in [1.165, 1.54) is 49.4 Å². The number of hydrogen-bond acceptors (Lipinski definition) is 4. The minimum atomic E-state index is -0.348. The number of anilines is 6. The summed E-state index contributed by atoms with van der Waals surface area (Å²) >= 11 is 0. The standard InChI is InChI=1S/C104H81BN2O2/c1-102(2,3)71-58-82(64-31-14-10-15-32-64)99(83(59-71)65-33-16-11-17-34-65)106-89-56-69(68-51-54-95-86(55-68)75-40-27-28-47-93(75)108-95)49-52-87(89)105-88-53-50-70(96-76-41-22-24-43-78(76)97(79-44-25-23-42-77(79)96)81-46-30-45-80-74-39-26-29-48-94(74)109-101(80)81)57-90(88)107(92-63-73(104(7,8)9)62-91(106)98(92)105)100-84(66-35-18-12-19-36-66)60-72(103(4,5)6)61-85(100)67-37-20-13-21-38-67/h10-63H,1-9H3. The molecule has 16 aromatic carbocycles. The van der Waals surface area contributed by atoms with Crippen molar-refractivity contribution in [1.29, 1.82) is 0 Å². The third-order valence-electron chi connectivity index (χ3n) is 23.3. The van der Waals surface area contributed by atoms with E-state index in [0.717, 1.165) is 161 Å². The first-order valence-electron chi connectivity index (χ1n) is 38.4. The van der Waals surface area contributed by atoms with Crippen LogP contribution in [0.4, 0.5) is 34.1 Å². The van der Waals surface area contributed by atoms with Gasteiger partial charge in [-0.1, -0.05) is 317 Å². The summed E-state index contributed by atoms with van der Waals surface area (Å²) in [5, 5.41) is 9.09. The summed E-state index contributed by atoms with van der Waals surface area (Å²) in [6, 6.07) is 123. The zero-order valence-corrected chi connectivity index (χ0v) is 63.0. The molecule has 4 heterocycles. The highest BCUT2D eigenvalue weighted by atomic mass is 16.3. The smallest absolute Gasteiger partial charge is 0.252 e. The highest BCUT2D eigenvalue weighted by Gasteiger charge is 2.47. The number of furan rings is 2. The summed E-state index contributed by atoms with van der Waals surface area (Å²) in [6.07, 6.45) is 0. The Hall–Kier alpha value is -12.7. The van der Waals surface area contributed by atoms with Crippen molar-refractivity contribution in [3.8, 4) is 77.9 Å². The van der Waals surface area contributed by atoms with Crippen LogP contribution in [0, 0.1) is 0 Å². The van der Waals surface area contributed by atoms with Gasteiger partial charge in [-0.05, 0) is 188 Å². The average molecular weight is 1400 g/mol. The summed E-state index contributed by atoms with van der Waals surface area (Å²) < 4.78 is 13.5. The number of hydrogen-bond donors (Lipinski definition) is 0. The zero-order chi connectivity index (χ0) is 73.8. The second-order valence-electron chi connectivity index (χ2n) is 33.1. The number of benzene rings is 16. The molecule has 0 radical (unpaired) electrons. The Bertz CT molecular complexity index is 6550. The molecule has 0 amide bonds. The van der Waals surface area contributed by atoms with E-state index in [-0.39, 0.29) is 23.0 Å². The van der Waals surface area contributed by atoms with Crippen LogP contribution in [-0.4, -0.2) is 6.71 Å². The van der Waals surface area contributed by atoms with Crippen molar-refractivity contribution in [2.24, 2.45) is 0 Å². The van der Waals surface area contributed by atoms with E-state index >= 15 is 0 Å². The van der Waals surface area contributed by atoms with Gasteiger partial charge >= 0.3 is 0 Å². The minimum absolute atomic E-state index is 0.200. The molecule has 20 rings (SSSR count). The summed E-state index contributed by atoms with van der Waals surface area (Å²) in [5.74, 6) is 0. The second kappa shape index (κ2) is 25.0. The molecule has 0 saturated carbocycles. The molecule has 18 aromatic rings. The van der Waals surface area contributed by atoms with E-state index < -0.39 is 0 Å². The van der Waals surface area contributed by atoms with Crippen LogP contribution in [0.2, 0.25) is 0 Å². The van der Waals surface area contributed by atoms with E-state index in [1.807, 2.05) is 0 Å². The van der Waals surface area contributed by atoms with Gasteiger partial charge in [-0.3, -0.25) is 0 Å². The number of rotatable bonds is 9. The Balaban J connectivity index is 0.945. The van der Waals surface area contributed by atoms with Crippen molar-refractivity contribution < 1.29 is 8.83 Å². The number of nitrogens with zero attached hydrogens (tertiary/aromatic N) is 2. The maximum absolute atomic E-state index is 6.94. The molecule has 0 spiro atoms. The van der Waals surface area contributed by atoms with E-state index in [0.29, 0.717) is 0 Å². The van der Waals surface area contributed by atoms with Gasteiger partial charge in [0.25, 0.3) is 6.71 Å². The number of fused-ring (bicyclic) bond motifs is 12. The molecule has 2 aliphatic rings. The topological polar surface area (TPSA) is 32.8 Å². The van der Waals surface area contributed by atoms with Gasteiger partial charge in [0.2, 0.25) is 0 Å². The Morgan fingerprint density at radius 2 is 0.587 bits per heavy atom. The van der Waals surface area contributed by atoms with Crippen LogP contribution in [0.1, 0.15) is 79.0 Å². The van der Waals surface area contributed by atoms with Gasteiger partial charge < -0.3 is 18.6 Å². The molecule has 0 atom stereocenters. The lowest BCUT2D eigenvalue weighted by molar-refractivity contribution is 0.590. The fourth-order valence-electron chi connectivity index (χ4n) is 17.8. The fourth-order valence-corrected chi connectivity index (χ4v) is 17.8. The van der Waals surface area contributed by atoms with Gasteiger partial charge in [-0.25, -0.2) is 0 Å². The van der Waals surface area contributed by atoms with Crippen molar-refractivity contribution in [1.82, 2.24) is 0 Å². The SMILES string of the molecule is CC(C)(C)c1cc(-c2ccccc2)c(N2c3cc(-c4ccc5oc6ccccc6c5c4)ccc3B3c4ccc(-c5c6ccccc6c(-c6cccc7c6oc6ccccc67)c6ccccc56)cc4N(c4c(-c5ccccc5)cc(C(C)(C)C)cc4-c4ccccc4)c4cc(C(C)(C)C)cc2c43)c(-c2ccccc2)c1. The molecule has 0 unspecified atom stereocenters. The first kappa shape index (κ1) is 65.8. The summed E-state index contributed by atoms with van der Waals surface area (Å²) in [5.41, 5.74) is 33.0. The molecule has 109 heavy (non-hydrogen) atoms. The Labute approximate surface area is 637 Å². The molecule has 522 valence electrons. The Morgan fingerprint density at radius 1 is 0.239 bits per heavy atom. The maximum atomic E-state index is 6.94. The first-order chi connectivity index (χ1) is 53.0. The molecule has 5 heteroatoms. The molecular formula is C104H81BN2O2. The predicted octanol–water partition coefficient (Wildman–Crippen LogP) is 27.4. The van der Waals surface area contributed by atoms with Crippen molar-refractivity contribution in [2.45, 2.75) is 78.6 Å². The fraction of sp³-hybridized carbons (Fsp3) is 0.115. The van der Waals surface area contributed by atoms with Gasteiger partial charge in [-0.15, -0.1) is 0 Å². The van der Waals surface area contributed by atoms with Crippen molar-refractivity contribution >= 4 is 123 Å². The van der Waals surface area contributed by atoms with Crippen LogP contribution in [-0.2, 0) is 16.2 Å². The zero-order valence-electron chi connectivity index (χ0n) is 63.0. The van der Waals surface area contributed by atoms with Gasteiger partial charge in [0.05, 0.1) is 11.4 Å². The lowest BCUT2D eigenvalue weighted by Crippen LogP contribution is -2.61. The van der Waals surface area contributed by atoms with E-state index in [9.17, 15) is 0 Å². The molecule has 0 aliphatic carbocycles. The van der Waals surface area contributed by atoms with Crippen molar-refractivity contribution in [3.63, 3.8) is 0 Å². The highest BCUT2D eigenvalue weighted by molar-refractivity contribution is 7.00. The van der Waals surface area contributed by atoms with Crippen molar-refractivity contribution in [3.05, 3.63) is 344 Å². The van der Waals surface area contributed by atoms with Crippen LogP contribution in [0.3, 0.4) is 0 Å². The maximum Gasteiger partial charge on any atom is 0.252 e. The molecule has 0 bridgehead atoms. The quantitative estimate of drug-likeness (QED) is 0.107. The molecular weight excluding hydrogens is 1320 g/mol. The summed E-state index contributed by atoms with van der Waals surface area (Å²) in [4.78, 5) is 5.46. The van der Waals surface area contributed by atoms with Gasteiger partial charge in [-0.2, -0.15) is 0 Å². The third-order valence-corrected chi connectivity index (χ3v) is 23.3. The lowest BCUT2D eigenvalue weighted by Gasteiger charge is -2.47. The third kappa shape index (κ3) is 10.7. The van der Waals surface area contributed by atoms with Crippen LogP contribution in [0.25, 0.3) is 143 Å². The molecule has 2 aromatic heterocycles. The van der Waals surface area contributed by atoms with Crippen molar-refractivity contribution in [2.75, 3.05) is 9.80 Å². The van der Waals surface area contributed by atoms with Crippen LogP contribution < -0.4 is 26.2 Å². The van der Waals surface area contributed by atoms with E-state index in [4.69, 9.17) is 8.83 Å². The Morgan fingerprint density at radius 3 is 1.05 bits per heavy atom. The van der Waals surface area contributed by atoms with Gasteiger partial charge in [0.15, 0.2) is 0 Å². The second-order valence-corrected chi connectivity index (χ2v) is 33.1. The highest BCUT2D eigenvalue weighted by Crippen LogP contribution is 2.57. The largest absolute Gasteiger partial charge is 0.456 e. The summed E-state index contributed by atoms with van der Waals surface area (Å²) in [6.45, 7) is 21.1. The predicted molar refractivity (Wildman–Crippen MR) is 464 cm³/mol. The average Bonchev–Trinajstić information content (AvgIpc) is 1.26. The van der Waals surface area contributed by atoms with Gasteiger partial charge in [0.1, 0.15) is 22.3 Å². The van der Waals surface area contributed by atoms with Crippen LogP contribution in [0.5, 0.6) is 0 Å². The molecule has 2 aliphatic heterocycles. The lowest BCUT2D eigenvalue weighted by atomic mass is 9.33. The number of para-hydroxylation sites is 3. The van der Waals surface area contributed by atoms with E-state index in [1.54, 1.807) is 0 Å². The van der Waals surface area contributed by atoms with Gasteiger partial charge in [0, 0.05) is 77.7 Å². The van der Waals surface area contributed by atoms with Crippen LogP contribution in [0.15, 0.2) is 336 Å². The minimum Gasteiger partial charge on any atom is -0.456 e. The molecule has 0 N–H and O–H groups in total. The normalized spacial score (nSPS) is 12.9. The molecule has 4 nitrogen and oxygen atoms in total. The molecule has 0 saturated heterocycles. The Kier molecular flexibility index (Phi) is 15.1. The van der Waals surface area contributed by atoms with E-state index in [2.05, 4.69) is 400 Å². The summed E-state index contributed by atoms with van der Waals surface area (Å²) in [7, 11) is 0.